The van der Waals surface area contributed by atoms with Crippen LogP contribution in [0.5, 0.6) is 5.75 Å². The SMILES string of the molecule is COc1ccc(C(=O)N2[C@H](C(=O)N[C@@H](C)c3ccccc3)COC23CCN(C(=O)Cc2ccccc2)CC3)cc1. The van der Waals surface area contributed by atoms with Gasteiger partial charge in [-0.25, -0.2) is 0 Å². The second-order valence-corrected chi connectivity index (χ2v) is 10.4. The number of hydrogen-bond donors (Lipinski definition) is 1. The van der Waals surface area contributed by atoms with Crippen molar-refractivity contribution in [2.75, 3.05) is 26.8 Å². The van der Waals surface area contributed by atoms with Crippen LogP contribution in [0.1, 0.15) is 47.3 Å². The smallest absolute Gasteiger partial charge is 0.256 e. The van der Waals surface area contributed by atoms with E-state index in [-0.39, 0.29) is 30.4 Å². The molecule has 8 heteroatoms. The summed E-state index contributed by atoms with van der Waals surface area (Å²) in [7, 11) is 1.57. The molecule has 2 atom stereocenters. The van der Waals surface area contributed by atoms with E-state index in [1.165, 1.54) is 0 Å². The fourth-order valence-electron chi connectivity index (χ4n) is 5.56. The first-order chi connectivity index (χ1) is 19.4. The van der Waals surface area contributed by atoms with Gasteiger partial charge in [-0.05, 0) is 42.3 Å². The van der Waals surface area contributed by atoms with Crippen molar-refractivity contribution < 1.29 is 23.9 Å². The van der Waals surface area contributed by atoms with Gasteiger partial charge in [0.2, 0.25) is 11.8 Å². The maximum absolute atomic E-state index is 14.0. The number of ether oxygens (including phenoxy) is 2. The van der Waals surface area contributed by atoms with Crippen molar-refractivity contribution in [2.45, 2.75) is 44.0 Å². The molecule has 3 aromatic rings. The fraction of sp³-hybridized carbons (Fsp3) is 0.344. The molecule has 0 bridgehead atoms. The summed E-state index contributed by atoms with van der Waals surface area (Å²) in [5.41, 5.74) is 1.41. The molecule has 2 fully saturated rings. The third-order valence-electron chi connectivity index (χ3n) is 7.87. The molecule has 1 spiro atoms. The Morgan fingerprint density at radius 2 is 1.57 bits per heavy atom. The van der Waals surface area contributed by atoms with Gasteiger partial charge in [0, 0.05) is 31.5 Å². The highest BCUT2D eigenvalue weighted by atomic mass is 16.5. The van der Waals surface area contributed by atoms with E-state index in [1.807, 2.05) is 72.5 Å². The Bertz CT molecular complexity index is 1320. The van der Waals surface area contributed by atoms with Crippen molar-refractivity contribution in [3.63, 3.8) is 0 Å². The molecular formula is C32H35N3O5. The lowest BCUT2D eigenvalue weighted by atomic mass is 9.96. The van der Waals surface area contributed by atoms with Crippen LogP contribution in [-0.2, 0) is 20.7 Å². The van der Waals surface area contributed by atoms with Gasteiger partial charge in [0.25, 0.3) is 5.91 Å². The third-order valence-corrected chi connectivity index (χ3v) is 7.87. The van der Waals surface area contributed by atoms with Crippen molar-refractivity contribution in [1.29, 1.82) is 0 Å². The average Bonchev–Trinajstić information content (AvgIpc) is 3.36. The molecule has 3 aromatic carbocycles. The summed E-state index contributed by atoms with van der Waals surface area (Å²) in [6, 6.07) is 25.2. The van der Waals surface area contributed by atoms with Gasteiger partial charge in [-0.3, -0.25) is 19.3 Å². The molecule has 5 rings (SSSR count). The van der Waals surface area contributed by atoms with E-state index in [4.69, 9.17) is 9.47 Å². The lowest BCUT2D eigenvalue weighted by molar-refractivity contribution is -0.143. The van der Waals surface area contributed by atoms with Crippen molar-refractivity contribution in [1.82, 2.24) is 15.1 Å². The lowest BCUT2D eigenvalue weighted by Gasteiger charge is -2.44. The van der Waals surface area contributed by atoms with Crippen LogP contribution >= 0.6 is 0 Å². The maximum atomic E-state index is 14.0. The van der Waals surface area contributed by atoms with Gasteiger partial charge in [-0.2, -0.15) is 0 Å². The molecule has 2 aliphatic heterocycles. The summed E-state index contributed by atoms with van der Waals surface area (Å²) >= 11 is 0. The molecule has 0 saturated carbocycles. The number of nitrogens with zero attached hydrogens (tertiary/aromatic N) is 2. The molecular weight excluding hydrogens is 506 g/mol. The van der Waals surface area contributed by atoms with Crippen LogP contribution in [0, 0.1) is 0 Å². The zero-order valence-corrected chi connectivity index (χ0v) is 22.9. The number of rotatable bonds is 7. The monoisotopic (exact) mass is 541 g/mol. The van der Waals surface area contributed by atoms with Crippen LogP contribution in [0.2, 0.25) is 0 Å². The number of benzene rings is 3. The Kier molecular flexibility index (Phi) is 8.16. The molecule has 0 unspecified atom stereocenters. The van der Waals surface area contributed by atoms with E-state index < -0.39 is 11.8 Å². The fourth-order valence-corrected chi connectivity index (χ4v) is 5.56. The van der Waals surface area contributed by atoms with Gasteiger partial charge >= 0.3 is 0 Å². The van der Waals surface area contributed by atoms with E-state index in [0.29, 0.717) is 43.7 Å². The van der Waals surface area contributed by atoms with Crippen LogP contribution in [0.3, 0.4) is 0 Å². The largest absolute Gasteiger partial charge is 0.497 e. The Morgan fingerprint density at radius 3 is 2.20 bits per heavy atom. The lowest BCUT2D eigenvalue weighted by Crippen LogP contribution is -2.60. The quantitative estimate of drug-likeness (QED) is 0.489. The normalized spacial score (nSPS) is 18.8. The number of methoxy groups -OCH3 is 1. The van der Waals surface area contributed by atoms with E-state index >= 15 is 0 Å². The molecule has 2 heterocycles. The van der Waals surface area contributed by atoms with Crippen LogP contribution in [-0.4, -0.2) is 66.1 Å². The highest BCUT2D eigenvalue weighted by molar-refractivity contribution is 5.98. The highest BCUT2D eigenvalue weighted by Crippen LogP contribution is 2.39. The number of nitrogens with one attached hydrogen (secondary N) is 1. The first-order valence-corrected chi connectivity index (χ1v) is 13.7. The van der Waals surface area contributed by atoms with Crippen LogP contribution in [0.4, 0.5) is 0 Å². The zero-order valence-electron chi connectivity index (χ0n) is 22.9. The van der Waals surface area contributed by atoms with E-state index in [0.717, 1.165) is 11.1 Å². The number of likely N-dealkylation sites (tertiary alicyclic amines) is 1. The van der Waals surface area contributed by atoms with E-state index in [1.54, 1.807) is 36.3 Å². The number of carbonyl (C=O) groups is 3. The van der Waals surface area contributed by atoms with Crippen LogP contribution in [0.15, 0.2) is 84.9 Å². The van der Waals surface area contributed by atoms with Gasteiger partial charge in [0.1, 0.15) is 17.5 Å². The average molecular weight is 542 g/mol. The summed E-state index contributed by atoms with van der Waals surface area (Å²) in [6.45, 7) is 2.89. The highest BCUT2D eigenvalue weighted by Gasteiger charge is 2.54. The minimum atomic E-state index is -0.974. The van der Waals surface area contributed by atoms with Crippen molar-refractivity contribution >= 4 is 17.7 Å². The molecule has 208 valence electrons. The predicted molar refractivity (Wildman–Crippen MR) is 151 cm³/mol. The molecule has 40 heavy (non-hydrogen) atoms. The molecule has 2 aliphatic rings. The summed E-state index contributed by atoms with van der Waals surface area (Å²) < 4.78 is 11.6. The Balaban J connectivity index is 1.35. The molecule has 8 nitrogen and oxygen atoms in total. The first-order valence-electron chi connectivity index (χ1n) is 13.7. The standard InChI is InChI=1S/C32H35N3O5/c1-23(25-11-7-4-8-12-25)33-30(37)28-22-40-32(35(28)31(38)26-13-15-27(39-2)16-14-26)17-19-34(20-18-32)29(36)21-24-9-5-3-6-10-24/h3-16,23,28H,17-22H2,1-2H3,(H,33,37)/t23-,28-/m0/s1. The molecule has 1 N–H and O–H groups in total. The zero-order chi connectivity index (χ0) is 28.1. The van der Waals surface area contributed by atoms with E-state index in [2.05, 4.69) is 5.32 Å². The van der Waals surface area contributed by atoms with Gasteiger partial charge in [-0.15, -0.1) is 0 Å². The van der Waals surface area contributed by atoms with Crippen molar-refractivity contribution in [3.05, 3.63) is 102 Å². The third kappa shape index (κ3) is 5.72. The van der Waals surface area contributed by atoms with Gasteiger partial charge in [0.05, 0.1) is 26.2 Å². The van der Waals surface area contributed by atoms with Crippen LogP contribution in [0.25, 0.3) is 0 Å². The second kappa shape index (κ2) is 11.9. The van der Waals surface area contributed by atoms with Gasteiger partial charge in [-0.1, -0.05) is 60.7 Å². The molecule has 0 aromatic heterocycles. The van der Waals surface area contributed by atoms with Gasteiger partial charge in [0.15, 0.2) is 0 Å². The van der Waals surface area contributed by atoms with Crippen LogP contribution < -0.4 is 10.1 Å². The number of amides is 3. The Morgan fingerprint density at radius 1 is 0.950 bits per heavy atom. The van der Waals surface area contributed by atoms with Crippen molar-refractivity contribution in [2.24, 2.45) is 0 Å². The second-order valence-electron chi connectivity index (χ2n) is 10.4. The molecule has 0 aliphatic carbocycles. The van der Waals surface area contributed by atoms with E-state index in [9.17, 15) is 14.4 Å². The number of hydrogen-bond acceptors (Lipinski definition) is 5. The van der Waals surface area contributed by atoms with Gasteiger partial charge < -0.3 is 19.7 Å². The predicted octanol–water partition coefficient (Wildman–Crippen LogP) is 3.98. The summed E-state index contributed by atoms with van der Waals surface area (Å²) in [5, 5.41) is 3.07. The number of piperidine rings is 1. The maximum Gasteiger partial charge on any atom is 0.256 e. The first kappa shape index (κ1) is 27.4. The van der Waals surface area contributed by atoms with Crippen molar-refractivity contribution in [3.8, 4) is 5.75 Å². The Hall–Kier alpha value is -4.17. The number of carbonyl (C=O) groups excluding carboxylic acids is 3. The topological polar surface area (TPSA) is 88.2 Å². The minimum absolute atomic E-state index is 0.0399. The Labute approximate surface area is 234 Å². The molecule has 3 amide bonds. The summed E-state index contributed by atoms with van der Waals surface area (Å²) in [4.78, 5) is 44.1. The molecule has 0 radical (unpaired) electrons. The molecule has 2 saturated heterocycles. The summed E-state index contributed by atoms with van der Waals surface area (Å²) in [6.07, 6.45) is 1.17. The minimum Gasteiger partial charge on any atom is -0.497 e. The summed E-state index contributed by atoms with van der Waals surface area (Å²) in [5.74, 6) is 0.132.